The molecule has 1 amide bonds. The molecule has 150 valence electrons. The highest BCUT2D eigenvalue weighted by Crippen LogP contribution is 2.31. The van der Waals surface area contributed by atoms with Crippen LogP contribution in [0.5, 0.6) is 0 Å². The standard InChI is InChI=1S/C23H26N4OS/c1-15-9-4-6-12-18(15)21-25-26-23(27(21)3)29-16(2)22(28)24-20-14-8-11-17-10-5-7-13-19(17)20/h4-7,9-10,12-13,16,20H,8,11,14H2,1-3H3,(H,24,28)/t16-,20+/m0/s1. The van der Waals surface area contributed by atoms with E-state index in [0.29, 0.717) is 0 Å². The number of aromatic nitrogens is 3. The molecule has 0 unspecified atom stereocenters. The third kappa shape index (κ3) is 4.08. The van der Waals surface area contributed by atoms with Crippen molar-refractivity contribution in [2.45, 2.75) is 49.6 Å². The zero-order valence-corrected chi connectivity index (χ0v) is 17.9. The molecule has 0 aliphatic heterocycles. The van der Waals surface area contributed by atoms with Crippen molar-refractivity contribution in [3.8, 4) is 11.4 Å². The maximum atomic E-state index is 12.9. The third-order valence-electron chi connectivity index (χ3n) is 5.56. The molecule has 29 heavy (non-hydrogen) atoms. The van der Waals surface area contributed by atoms with Gasteiger partial charge in [-0.15, -0.1) is 10.2 Å². The zero-order valence-electron chi connectivity index (χ0n) is 17.1. The normalized spacial score (nSPS) is 16.9. The van der Waals surface area contributed by atoms with Crippen LogP contribution in [0.1, 0.15) is 42.5 Å². The molecule has 6 heteroatoms. The number of carbonyl (C=O) groups excluding carboxylic acids is 1. The Bertz CT molecular complexity index is 1030. The summed E-state index contributed by atoms with van der Waals surface area (Å²) in [7, 11) is 1.95. The Kier molecular flexibility index (Phi) is 5.72. The second-order valence-electron chi connectivity index (χ2n) is 7.59. The van der Waals surface area contributed by atoms with Crippen molar-refractivity contribution in [3.63, 3.8) is 0 Å². The largest absolute Gasteiger partial charge is 0.348 e. The smallest absolute Gasteiger partial charge is 0.233 e. The summed E-state index contributed by atoms with van der Waals surface area (Å²) in [6.45, 7) is 3.99. The Morgan fingerprint density at radius 1 is 1.17 bits per heavy atom. The number of rotatable bonds is 5. The molecule has 1 aliphatic rings. The number of aryl methyl sites for hydroxylation is 2. The first-order valence-electron chi connectivity index (χ1n) is 10.0. The van der Waals surface area contributed by atoms with E-state index in [-0.39, 0.29) is 17.2 Å². The molecular weight excluding hydrogens is 380 g/mol. The Hall–Kier alpha value is -2.60. The molecule has 0 saturated heterocycles. The van der Waals surface area contributed by atoms with Crippen LogP contribution in [0.4, 0.5) is 0 Å². The summed E-state index contributed by atoms with van der Waals surface area (Å²) in [5.41, 5.74) is 4.82. The minimum absolute atomic E-state index is 0.0390. The highest BCUT2D eigenvalue weighted by atomic mass is 32.2. The van der Waals surface area contributed by atoms with E-state index >= 15 is 0 Å². The minimum atomic E-state index is -0.253. The van der Waals surface area contributed by atoms with E-state index in [1.807, 2.05) is 42.8 Å². The van der Waals surface area contributed by atoms with Gasteiger partial charge in [-0.25, -0.2) is 0 Å². The average molecular weight is 407 g/mol. The first kappa shape index (κ1) is 19.7. The molecule has 3 aromatic rings. The number of thioether (sulfide) groups is 1. The van der Waals surface area contributed by atoms with Gasteiger partial charge in [0.25, 0.3) is 0 Å². The van der Waals surface area contributed by atoms with Gasteiger partial charge in [0.05, 0.1) is 11.3 Å². The average Bonchev–Trinajstić information content (AvgIpc) is 3.08. The summed E-state index contributed by atoms with van der Waals surface area (Å²) < 4.78 is 1.96. The zero-order chi connectivity index (χ0) is 20.4. The van der Waals surface area contributed by atoms with Gasteiger partial charge in [-0.2, -0.15) is 0 Å². The predicted octanol–water partition coefficient (Wildman–Crippen LogP) is 4.46. The van der Waals surface area contributed by atoms with Crippen molar-refractivity contribution in [1.82, 2.24) is 20.1 Å². The fourth-order valence-electron chi connectivity index (χ4n) is 3.88. The Morgan fingerprint density at radius 2 is 1.93 bits per heavy atom. The highest BCUT2D eigenvalue weighted by molar-refractivity contribution is 8.00. The summed E-state index contributed by atoms with van der Waals surface area (Å²) in [5.74, 6) is 0.858. The van der Waals surface area contributed by atoms with Crippen molar-refractivity contribution in [3.05, 3.63) is 65.2 Å². The van der Waals surface area contributed by atoms with E-state index in [1.54, 1.807) is 0 Å². The lowest BCUT2D eigenvalue weighted by Crippen LogP contribution is -2.36. The van der Waals surface area contributed by atoms with Crippen LogP contribution in [0, 0.1) is 6.92 Å². The van der Waals surface area contributed by atoms with Crippen LogP contribution in [0.25, 0.3) is 11.4 Å². The van der Waals surface area contributed by atoms with Crippen molar-refractivity contribution in [1.29, 1.82) is 0 Å². The maximum absolute atomic E-state index is 12.9. The molecular formula is C23H26N4OS. The van der Waals surface area contributed by atoms with Gasteiger partial charge in [-0.05, 0) is 49.8 Å². The van der Waals surface area contributed by atoms with E-state index in [4.69, 9.17) is 0 Å². The molecule has 2 aromatic carbocycles. The van der Waals surface area contributed by atoms with Crippen molar-refractivity contribution >= 4 is 17.7 Å². The summed E-state index contributed by atoms with van der Waals surface area (Å²) in [4.78, 5) is 12.9. The molecule has 0 fully saturated rings. The van der Waals surface area contributed by atoms with E-state index in [0.717, 1.165) is 41.4 Å². The number of nitrogens with one attached hydrogen (secondary N) is 1. The van der Waals surface area contributed by atoms with Crippen molar-refractivity contribution in [2.24, 2.45) is 7.05 Å². The quantitative estimate of drug-likeness (QED) is 0.635. The number of carbonyl (C=O) groups is 1. The number of amides is 1. The van der Waals surface area contributed by atoms with Gasteiger partial charge in [0, 0.05) is 12.6 Å². The third-order valence-corrected chi connectivity index (χ3v) is 6.69. The number of fused-ring (bicyclic) bond motifs is 1. The van der Waals surface area contributed by atoms with Crippen LogP contribution in [-0.2, 0) is 18.3 Å². The monoisotopic (exact) mass is 406 g/mol. The molecule has 0 saturated carbocycles. The minimum Gasteiger partial charge on any atom is -0.348 e. The first-order chi connectivity index (χ1) is 14.0. The number of benzene rings is 2. The second-order valence-corrected chi connectivity index (χ2v) is 8.90. The van der Waals surface area contributed by atoms with E-state index in [2.05, 4.69) is 46.7 Å². The lowest BCUT2D eigenvalue weighted by molar-refractivity contribution is -0.121. The summed E-state index contributed by atoms with van der Waals surface area (Å²) in [5, 5.41) is 12.4. The van der Waals surface area contributed by atoms with Crippen molar-refractivity contribution < 1.29 is 4.79 Å². The molecule has 1 aromatic heterocycles. The van der Waals surface area contributed by atoms with Crippen LogP contribution in [0.15, 0.2) is 53.7 Å². The van der Waals surface area contributed by atoms with Crippen LogP contribution in [-0.4, -0.2) is 25.9 Å². The number of hydrogen-bond donors (Lipinski definition) is 1. The molecule has 1 aliphatic carbocycles. The van der Waals surface area contributed by atoms with Gasteiger partial charge in [-0.1, -0.05) is 60.3 Å². The number of nitrogens with zero attached hydrogens (tertiary/aromatic N) is 3. The molecule has 0 spiro atoms. The molecule has 2 atom stereocenters. The molecule has 1 N–H and O–H groups in total. The van der Waals surface area contributed by atoms with Crippen LogP contribution in [0.2, 0.25) is 0 Å². The topological polar surface area (TPSA) is 59.8 Å². The molecule has 5 nitrogen and oxygen atoms in total. The lowest BCUT2D eigenvalue weighted by atomic mass is 9.88. The van der Waals surface area contributed by atoms with Gasteiger partial charge in [0.1, 0.15) is 0 Å². The van der Waals surface area contributed by atoms with Gasteiger partial charge < -0.3 is 9.88 Å². The van der Waals surface area contributed by atoms with Crippen LogP contribution >= 0.6 is 11.8 Å². The SMILES string of the molecule is Cc1ccccc1-c1nnc(S[C@@H](C)C(=O)N[C@@H]2CCCc3ccccc32)n1C. The van der Waals surface area contributed by atoms with E-state index < -0.39 is 0 Å². The second kappa shape index (κ2) is 8.41. The van der Waals surface area contributed by atoms with Gasteiger partial charge >= 0.3 is 0 Å². The van der Waals surface area contributed by atoms with Gasteiger partial charge in [-0.3, -0.25) is 4.79 Å². The fourth-order valence-corrected chi connectivity index (χ4v) is 4.70. The lowest BCUT2D eigenvalue weighted by Gasteiger charge is -2.27. The highest BCUT2D eigenvalue weighted by Gasteiger charge is 2.25. The van der Waals surface area contributed by atoms with Gasteiger partial charge in [0.2, 0.25) is 5.91 Å². The molecule has 4 rings (SSSR count). The Morgan fingerprint density at radius 3 is 2.76 bits per heavy atom. The maximum Gasteiger partial charge on any atom is 0.233 e. The molecule has 0 radical (unpaired) electrons. The van der Waals surface area contributed by atoms with Crippen molar-refractivity contribution in [2.75, 3.05) is 0 Å². The Labute approximate surface area is 175 Å². The summed E-state index contributed by atoms with van der Waals surface area (Å²) in [6.07, 6.45) is 3.18. The number of hydrogen-bond acceptors (Lipinski definition) is 4. The Balaban J connectivity index is 1.46. The predicted molar refractivity (Wildman–Crippen MR) is 117 cm³/mol. The fraction of sp³-hybridized carbons (Fsp3) is 0.348. The first-order valence-corrected chi connectivity index (χ1v) is 10.9. The van der Waals surface area contributed by atoms with Crippen LogP contribution in [0.3, 0.4) is 0 Å². The summed E-state index contributed by atoms with van der Waals surface area (Å²) in [6, 6.07) is 16.6. The van der Waals surface area contributed by atoms with Gasteiger partial charge in [0.15, 0.2) is 11.0 Å². The molecule has 0 bridgehead atoms. The van der Waals surface area contributed by atoms with E-state index in [1.165, 1.54) is 22.9 Å². The van der Waals surface area contributed by atoms with E-state index in [9.17, 15) is 4.79 Å². The summed E-state index contributed by atoms with van der Waals surface area (Å²) >= 11 is 1.45. The molecule has 1 heterocycles. The van der Waals surface area contributed by atoms with Crippen LogP contribution < -0.4 is 5.32 Å².